The fraction of sp³-hybridized carbons (Fsp3) is 0.958. The van der Waals surface area contributed by atoms with Gasteiger partial charge in [0.2, 0.25) is 0 Å². The van der Waals surface area contributed by atoms with Gasteiger partial charge in [0.05, 0.1) is 0 Å². The SMILES string of the molecule is CCCCCCCCCCCCCCCCCCCCCCN.O=C(O)C(F)(F)F. The molecule has 0 aromatic rings. The molecule has 0 aliphatic heterocycles. The van der Waals surface area contributed by atoms with Gasteiger partial charge < -0.3 is 10.8 Å². The van der Waals surface area contributed by atoms with Crippen LogP contribution >= 0.6 is 0 Å². The van der Waals surface area contributed by atoms with Crippen LogP contribution in [0.2, 0.25) is 0 Å². The number of carbonyl (C=O) groups is 1. The van der Waals surface area contributed by atoms with Crippen LogP contribution in [0.5, 0.6) is 0 Å². The van der Waals surface area contributed by atoms with Crippen LogP contribution in [0.3, 0.4) is 0 Å². The molecule has 0 unspecified atom stereocenters. The number of aliphatic carboxylic acids is 1. The summed E-state index contributed by atoms with van der Waals surface area (Å²) in [6.07, 6.45) is 23.7. The molecule has 3 N–H and O–H groups in total. The maximum absolute atomic E-state index is 10.6. The van der Waals surface area contributed by atoms with Crippen molar-refractivity contribution in [2.75, 3.05) is 6.54 Å². The van der Waals surface area contributed by atoms with Crippen LogP contribution in [0.25, 0.3) is 0 Å². The first-order valence-electron chi connectivity index (χ1n) is 12.4. The van der Waals surface area contributed by atoms with Gasteiger partial charge in [0.1, 0.15) is 0 Å². The minimum Gasteiger partial charge on any atom is -0.475 e. The van der Waals surface area contributed by atoms with Crippen LogP contribution < -0.4 is 5.73 Å². The van der Waals surface area contributed by atoms with Gasteiger partial charge in [-0.25, -0.2) is 4.79 Å². The first kappa shape index (κ1) is 31.4. The Labute approximate surface area is 183 Å². The minimum absolute atomic E-state index is 0.874. The summed E-state index contributed by atoms with van der Waals surface area (Å²) in [7, 11) is 0. The monoisotopic (exact) mass is 439 g/mol. The van der Waals surface area contributed by atoms with E-state index in [9.17, 15) is 13.2 Å². The van der Waals surface area contributed by atoms with Gasteiger partial charge in [-0.15, -0.1) is 0 Å². The Balaban J connectivity index is 0. The van der Waals surface area contributed by atoms with Crippen LogP contribution in [0.4, 0.5) is 13.2 Å². The number of carboxylic acids is 1. The van der Waals surface area contributed by atoms with Crippen LogP contribution in [0.15, 0.2) is 0 Å². The molecule has 0 spiro atoms. The molecular formula is C24H48F3NO2. The van der Waals surface area contributed by atoms with Gasteiger partial charge in [0, 0.05) is 0 Å². The Kier molecular flexibility index (Phi) is 25.6. The lowest BCUT2D eigenvalue weighted by Gasteiger charge is -2.04. The van der Waals surface area contributed by atoms with E-state index in [1.54, 1.807) is 0 Å². The van der Waals surface area contributed by atoms with E-state index in [1.165, 1.54) is 128 Å². The highest BCUT2D eigenvalue weighted by Crippen LogP contribution is 2.15. The van der Waals surface area contributed by atoms with Gasteiger partial charge in [-0.05, 0) is 13.0 Å². The largest absolute Gasteiger partial charge is 0.490 e. The van der Waals surface area contributed by atoms with Crippen LogP contribution in [0, 0.1) is 0 Å². The second-order valence-corrected chi connectivity index (χ2v) is 8.31. The molecule has 0 fully saturated rings. The van der Waals surface area contributed by atoms with Crippen molar-refractivity contribution in [3.05, 3.63) is 0 Å². The predicted molar refractivity (Wildman–Crippen MR) is 121 cm³/mol. The van der Waals surface area contributed by atoms with E-state index < -0.39 is 12.1 Å². The van der Waals surface area contributed by atoms with Crippen molar-refractivity contribution >= 4 is 5.97 Å². The van der Waals surface area contributed by atoms with Crippen LogP contribution in [-0.4, -0.2) is 23.8 Å². The Morgan fingerprint density at radius 1 is 0.600 bits per heavy atom. The zero-order valence-corrected chi connectivity index (χ0v) is 19.4. The molecule has 6 heteroatoms. The number of carboxylic acid groups (broad SMARTS) is 1. The highest BCUT2D eigenvalue weighted by Gasteiger charge is 2.38. The van der Waals surface area contributed by atoms with Crippen molar-refractivity contribution < 1.29 is 23.1 Å². The Morgan fingerprint density at radius 2 is 0.800 bits per heavy atom. The van der Waals surface area contributed by atoms with Crippen LogP contribution in [-0.2, 0) is 4.79 Å². The van der Waals surface area contributed by atoms with Crippen molar-refractivity contribution in [1.82, 2.24) is 0 Å². The molecular weight excluding hydrogens is 391 g/mol. The van der Waals surface area contributed by atoms with E-state index in [2.05, 4.69) is 6.92 Å². The third-order valence-electron chi connectivity index (χ3n) is 5.30. The number of unbranched alkanes of at least 4 members (excludes halogenated alkanes) is 19. The summed E-state index contributed by atoms with van der Waals surface area (Å²) in [6, 6.07) is 0. The fourth-order valence-electron chi connectivity index (χ4n) is 3.40. The zero-order chi connectivity index (χ0) is 22.9. The highest BCUT2D eigenvalue weighted by molar-refractivity contribution is 5.73. The summed E-state index contributed by atoms with van der Waals surface area (Å²) >= 11 is 0. The molecule has 0 saturated heterocycles. The molecule has 0 bridgehead atoms. The lowest BCUT2D eigenvalue weighted by molar-refractivity contribution is -0.192. The normalized spacial score (nSPS) is 11.2. The maximum atomic E-state index is 10.6. The summed E-state index contributed by atoms with van der Waals surface area (Å²) in [4.78, 5) is 8.90. The first-order valence-corrected chi connectivity index (χ1v) is 12.4. The molecule has 0 aromatic heterocycles. The van der Waals surface area contributed by atoms with E-state index in [0.29, 0.717) is 0 Å². The molecule has 3 nitrogen and oxygen atoms in total. The molecule has 0 aromatic carbocycles. The maximum Gasteiger partial charge on any atom is 0.490 e. The van der Waals surface area contributed by atoms with Crippen LogP contribution in [0.1, 0.15) is 135 Å². The molecule has 0 atom stereocenters. The number of hydrogen-bond acceptors (Lipinski definition) is 2. The quantitative estimate of drug-likeness (QED) is 0.187. The Bertz CT molecular complexity index is 330. The van der Waals surface area contributed by atoms with Gasteiger partial charge >= 0.3 is 12.1 Å². The van der Waals surface area contributed by atoms with Gasteiger partial charge in [-0.2, -0.15) is 13.2 Å². The summed E-state index contributed by atoms with van der Waals surface area (Å²) < 4.78 is 31.7. The van der Waals surface area contributed by atoms with E-state index >= 15 is 0 Å². The number of hydrogen-bond donors (Lipinski definition) is 2. The number of nitrogens with two attached hydrogens (primary N) is 1. The predicted octanol–water partition coefficient (Wildman–Crippen LogP) is 8.40. The molecule has 182 valence electrons. The third-order valence-corrected chi connectivity index (χ3v) is 5.30. The zero-order valence-electron chi connectivity index (χ0n) is 19.4. The second-order valence-electron chi connectivity index (χ2n) is 8.31. The Morgan fingerprint density at radius 3 is 0.967 bits per heavy atom. The van der Waals surface area contributed by atoms with Gasteiger partial charge in [-0.3, -0.25) is 0 Å². The van der Waals surface area contributed by atoms with Gasteiger partial charge in [0.15, 0.2) is 0 Å². The van der Waals surface area contributed by atoms with E-state index in [1.807, 2.05) is 0 Å². The van der Waals surface area contributed by atoms with Crippen molar-refractivity contribution in [1.29, 1.82) is 0 Å². The minimum atomic E-state index is -5.08. The highest BCUT2D eigenvalue weighted by atomic mass is 19.4. The van der Waals surface area contributed by atoms with Crippen molar-refractivity contribution in [2.45, 2.75) is 142 Å². The molecule has 0 rings (SSSR count). The lowest BCUT2D eigenvalue weighted by Crippen LogP contribution is -2.21. The van der Waals surface area contributed by atoms with E-state index in [-0.39, 0.29) is 0 Å². The molecule has 0 aliphatic carbocycles. The second kappa shape index (κ2) is 24.5. The molecule has 0 saturated carbocycles. The molecule has 0 radical (unpaired) electrons. The number of halogens is 3. The van der Waals surface area contributed by atoms with Gasteiger partial charge in [0.25, 0.3) is 0 Å². The third kappa shape index (κ3) is 29.4. The summed E-state index contributed by atoms with van der Waals surface area (Å²) in [6.45, 7) is 3.17. The fourth-order valence-corrected chi connectivity index (χ4v) is 3.40. The molecule has 0 heterocycles. The van der Waals surface area contributed by atoms with E-state index in [4.69, 9.17) is 15.6 Å². The van der Waals surface area contributed by atoms with E-state index in [0.717, 1.165) is 6.54 Å². The van der Waals surface area contributed by atoms with Crippen molar-refractivity contribution in [2.24, 2.45) is 5.73 Å². The number of alkyl halides is 3. The summed E-state index contributed by atoms with van der Waals surface area (Å²) in [5, 5.41) is 7.12. The first-order chi connectivity index (χ1) is 14.4. The smallest absolute Gasteiger partial charge is 0.475 e. The van der Waals surface area contributed by atoms with Crippen molar-refractivity contribution in [3.63, 3.8) is 0 Å². The number of rotatable bonds is 20. The summed E-state index contributed by atoms with van der Waals surface area (Å²) in [5.41, 5.74) is 5.51. The molecule has 0 amide bonds. The van der Waals surface area contributed by atoms with Gasteiger partial charge in [-0.1, -0.05) is 129 Å². The molecule has 30 heavy (non-hydrogen) atoms. The standard InChI is InChI=1S/C22H47N.C2HF3O2/c1-2-3-4-5-6-7-8-9-10-11-12-13-14-15-16-17-18-19-20-21-22-23;3-2(4,5)1(6)7/h2-23H2,1H3;(H,6,7). The van der Waals surface area contributed by atoms with Crippen molar-refractivity contribution in [3.8, 4) is 0 Å². The Hall–Kier alpha value is -0.780. The average molecular weight is 440 g/mol. The summed E-state index contributed by atoms with van der Waals surface area (Å²) in [5.74, 6) is -2.76. The molecule has 0 aliphatic rings. The average Bonchev–Trinajstić information content (AvgIpc) is 2.69. The lowest BCUT2D eigenvalue weighted by atomic mass is 10.0. The topological polar surface area (TPSA) is 63.3 Å².